The molecular weight excluding hydrogens is 363 g/mol. The number of pyridine rings is 1. The van der Waals surface area contributed by atoms with Gasteiger partial charge < -0.3 is 10.1 Å². The van der Waals surface area contributed by atoms with Crippen LogP contribution < -0.4 is 15.0 Å². The van der Waals surface area contributed by atoms with Crippen molar-refractivity contribution in [3.8, 4) is 5.88 Å². The summed E-state index contributed by atoms with van der Waals surface area (Å²) in [7, 11) is 0. The Morgan fingerprint density at radius 2 is 1.89 bits per heavy atom. The Morgan fingerprint density at radius 3 is 2.48 bits per heavy atom. The molecule has 144 valence electrons. The predicted molar refractivity (Wildman–Crippen MR) is 93.6 cm³/mol. The second kappa shape index (κ2) is 8.52. The van der Waals surface area contributed by atoms with Crippen molar-refractivity contribution >= 4 is 23.2 Å². The Morgan fingerprint density at radius 1 is 1.22 bits per heavy atom. The molecule has 2 heterocycles. The van der Waals surface area contributed by atoms with Crippen LogP contribution >= 0.6 is 0 Å². The van der Waals surface area contributed by atoms with Gasteiger partial charge in [0.2, 0.25) is 11.8 Å². The minimum atomic E-state index is -4.86. The van der Waals surface area contributed by atoms with E-state index in [1.54, 1.807) is 24.3 Å². The van der Waals surface area contributed by atoms with Crippen LogP contribution in [0.3, 0.4) is 0 Å². The molecule has 2 aromatic rings. The van der Waals surface area contributed by atoms with E-state index in [0.29, 0.717) is 11.4 Å². The molecule has 9 heteroatoms. The van der Waals surface area contributed by atoms with Crippen molar-refractivity contribution in [3.63, 3.8) is 0 Å². The Bertz CT molecular complexity index is 807. The maximum atomic E-state index is 12.5. The third-order valence-corrected chi connectivity index (χ3v) is 3.22. The highest BCUT2D eigenvalue weighted by molar-refractivity contribution is 6.15. The molecule has 1 aliphatic rings. The number of amides is 2. The van der Waals surface area contributed by atoms with E-state index in [2.05, 4.69) is 28.9 Å². The molecule has 1 aromatic carbocycles. The first-order valence-corrected chi connectivity index (χ1v) is 8.17. The van der Waals surface area contributed by atoms with Crippen LogP contribution in [0.2, 0.25) is 0 Å². The number of anilines is 2. The maximum Gasteiger partial charge on any atom is 0.574 e. The third kappa shape index (κ3) is 5.44. The number of carbonyl (C=O) groups excluding carboxylic acids is 2. The van der Waals surface area contributed by atoms with Gasteiger partial charge in [-0.25, -0.2) is 4.98 Å². The van der Waals surface area contributed by atoms with E-state index >= 15 is 0 Å². The molecule has 1 aliphatic heterocycles. The van der Waals surface area contributed by atoms with Gasteiger partial charge in [-0.2, -0.15) is 0 Å². The number of hydrogen-bond acceptors (Lipinski definition) is 4. The molecule has 0 bridgehead atoms. The minimum Gasteiger partial charge on any atom is -0.388 e. The van der Waals surface area contributed by atoms with Crippen LogP contribution in [0.15, 0.2) is 42.6 Å². The van der Waals surface area contributed by atoms with Crippen LogP contribution in [-0.2, 0) is 4.79 Å². The Balaban J connectivity index is 0.000000817. The molecule has 0 spiro atoms. The Labute approximate surface area is 154 Å². The fraction of sp³-hybridized carbons (Fsp3) is 0.278. The molecule has 0 unspecified atom stereocenters. The number of halogens is 3. The number of carbonyl (C=O) groups is 2. The van der Waals surface area contributed by atoms with Crippen LogP contribution in [0.4, 0.5) is 24.5 Å². The van der Waals surface area contributed by atoms with Crippen molar-refractivity contribution in [2.24, 2.45) is 0 Å². The van der Waals surface area contributed by atoms with Gasteiger partial charge in [0.15, 0.2) is 0 Å². The average molecular weight is 381 g/mol. The first kappa shape index (κ1) is 20.2. The van der Waals surface area contributed by atoms with E-state index in [1.165, 1.54) is 11.3 Å². The van der Waals surface area contributed by atoms with Crippen LogP contribution in [0.5, 0.6) is 5.88 Å². The van der Waals surface area contributed by atoms with Gasteiger partial charge in [0.25, 0.3) is 5.91 Å². The van der Waals surface area contributed by atoms with Crippen molar-refractivity contribution in [3.05, 3.63) is 48.2 Å². The van der Waals surface area contributed by atoms with Gasteiger partial charge in [-0.1, -0.05) is 32.4 Å². The fourth-order valence-electron chi connectivity index (χ4n) is 2.26. The molecule has 0 aliphatic carbocycles. The number of alkyl halides is 3. The lowest BCUT2D eigenvalue weighted by Gasteiger charge is -2.29. The number of hydrogen-bond donors (Lipinski definition) is 1. The fourth-order valence-corrected chi connectivity index (χ4v) is 2.26. The van der Waals surface area contributed by atoms with Crippen molar-refractivity contribution in [2.45, 2.75) is 26.6 Å². The first-order chi connectivity index (χ1) is 12.7. The van der Waals surface area contributed by atoms with Crippen molar-refractivity contribution < 1.29 is 27.5 Å². The van der Waals surface area contributed by atoms with Gasteiger partial charge >= 0.3 is 6.36 Å². The summed E-state index contributed by atoms with van der Waals surface area (Å²) in [6, 6.07) is 8.81. The van der Waals surface area contributed by atoms with Crippen LogP contribution in [-0.4, -0.2) is 29.7 Å². The number of benzene rings is 1. The number of nitrogens with zero attached hydrogens (tertiary/aromatic N) is 2. The van der Waals surface area contributed by atoms with Gasteiger partial charge in [-0.3, -0.25) is 14.5 Å². The lowest BCUT2D eigenvalue weighted by Crippen LogP contribution is -2.42. The molecule has 1 N–H and O–H groups in total. The number of fused-ring (bicyclic) bond motifs is 1. The summed E-state index contributed by atoms with van der Waals surface area (Å²) in [6.07, 6.45) is -2.64. The molecular formula is C18H18F3N3O3. The highest BCUT2D eigenvalue weighted by Crippen LogP contribution is 2.30. The SMILES string of the molecule is CCC.O=C1CN(C(=O)c2ccc(OC(F)(F)F)nc2)c2ccccc2N1. The highest BCUT2D eigenvalue weighted by Gasteiger charge is 2.32. The smallest absolute Gasteiger partial charge is 0.388 e. The normalized spacial score (nSPS) is 13.1. The van der Waals surface area contributed by atoms with Crippen molar-refractivity contribution in [1.82, 2.24) is 4.98 Å². The van der Waals surface area contributed by atoms with Gasteiger partial charge in [-0.15, -0.1) is 13.2 Å². The molecule has 0 fully saturated rings. The lowest BCUT2D eigenvalue weighted by molar-refractivity contribution is -0.276. The molecule has 3 rings (SSSR count). The number of ether oxygens (including phenoxy) is 1. The van der Waals surface area contributed by atoms with E-state index in [4.69, 9.17) is 0 Å². The molecule has 0 saturated carbocycles. The number of nitrogens with one attached hydrogen (secondary N) is 1. The van der Waals surface area contributed by atoms with Gasteiger partial charge in [0.05, 0.1) is 16.9 Å². The Hall–Kier alpha value is -3.10. The van der Waals surface area contributed by atoms with Gasteiger partial charge in [-0.05, 0) is 18.2 Å². The average Bonchev–Trinajstić information content (AvgIpc) is 2.60. The van der Waals surface area contributed by atoms with Crippen molar-refractivity contribution in [2.75, 3.05) is 16.8 Å². The van der Waals surface area contributed by atoms with E-state index in [1.807, 2.05) is 0 Å². The zero-order valence-corrected chi connectivity index (χ0v) is 14.7. The maximum absolute atomic E-state index is 12.5. The van der Waals surface area contributed by atoms with E-state index < -0.39 is 18.1 Å². The molecule has 2 amide bonds. The number of para-hydroxylation sites is 2. The predicted octanol–water partition coefficient (Wildman–Crippen LogP) is 4.00. The molecule has 0 saturated heterocycles. The quantitative estimate of drug-likeness (QED) is 0.854. The monoisotopic (exact) mass is 381 g/mol. The Kier molecular flexibility index (Phi) is 6.38. The largest absolute Gasteiger partial charge is 0.574 e. The molecule has 0 radical (unpaired) electrons. The summed E-state index contributed by atoms with van der Waals surface area (Å²) >= 11 is 0. The number of rotatable bonds is 2. The first-order valence-electron chi connectivity index (χ1n) is 8.17. The summed E-state index contributed by atoms with van der Waals surface area (Å²) in [6.45, 7) is 4.05. The van der Waals surface area contributed by atoms with Gasteiger partial charge in [0.1, 0.15) is 6.54 Å². The topological polar surface area (TPSA) is 71.5 Å². The highest BCUT2D eigenvalue weighted by atomic mass is 19.4. The summed E-state index contributed by atoms with van der Waals surface area (Å²) in [5.41, 5.74) is 1.01. The lowest BCUT2D eigenvalue weighted by atomic mass is 10.1. The van der Waals surface area contributed by atoms with E-state index in [0.717, 1.165) is 18.3 Å². The second-order valence-electron chi connectivity index (χ2n) is 5.60. The summed E-state index contributed by atoms with van der Waals surface area (Å²) in [5, 5.41) is 2.64. The van der Waals surface area contributed by atoms with Crippen LogP contribution in [0.25, 0.3) is 0 Å². The third-order valence-electron chi connectivity index (χ3n) is 3.22. The molecule has 6 nitrogen and oxygen atoms in total. The van der Waals surface area contributed by atoms with Crippen LogP contribution in [0.1, 0.15) is 30.6 Å². The van der Waals surface area contributed by atoms with E-state index in [9.17, 15) is 22.8 Å². The number of aromatic nitrogens is 1. The van der Waals surface area contributed by atoms with E-state index in [-0.39, 0.29) is 18.0 Å². The minimum absolute atomic E-state index is 0.0361. The van der Waals surface area contributed by atoms with Gasteiger partial charge in [0, 0.05) is 12.3 Å². The standard InChI is InChI=1S/C15H10F3N3O3.C3H8/c16-15(17,18)24-13-6-5-9(7-19-13)14(23)21-8-12(22)20-10-3-1-2-4-11(10)21;1-3-2/h1-7H,8H2,(H,20,22);3H2,1-2H3. The molecule has 27 heavy (non-hydrogen) atoms. The van der Waals surface area contributed by atoms with Crippen molar-refractivity contribution in [1.29, 1.82) is 0 Å². The zero-order chi connectivity index (χ0) is 20.0. The van der Waals surface area contributed by atoms with Crippen LogP contribution in [0, 0.1) is 0 Å². The second-order valence-corrected chi connectivity index (χ2v) is 5.60. The molecule has 0 atom stereocenters. The summed E-state index contributed by atoms with van der Waals surface area (Å²) in [5.74, 6) is -1.59. The summed E-state index contributed by atoms with van der Waals surface area (Å²) < 4.78 is 40.0. The summed E-state index contributed by atoms with van der Waals surface area (Å²) in [4.78, 5) is 29.0. The zero-order valence-electron chi connectivity index (χ0n) is 14.7. The molecule has 1 aromatic heterocycles.